The number of carbonyl (C=O) groups is 4. The number of amides is 3. The Morgan fingerprint density at radius 2 is 1.95 bits per heavy atom. The van der Waals surface area contributed by atoms with Crippen LogP contribution in [0.5, 0.6) is 0 Å². The van der Waals surface area contributed by atoms with Gasteiger partial charge in [-0.15, -0.1) is 13.2 Å². The van der Waals surface area contributed by atoms with E-state index in [9.17, 15) is 24.3 Å². The van der Waals surface area contributed by atoms with Crippen LogP contribution in [0, 0.1) is 17.8 Å². The van der Waals surface area contributed by atoms with Gasteiger partial charge in [0.15, 0.2) is 0 Å². The highest BCUT2D eigenvalue weighted by Gasteiger charge is 2.75. The van der Waals surface area contributed by atoms with Crippen molar-refractivity contribution < 1.29 is 33.8 Å². The third-order valence-electron chi connectivity index (χ3n) is 9.45. The Bertz CT molecular complexity index is 1220. The van der Waals surface area contributed by atoms with Gasteiger partial charge in [0.2, 0.25) is 17.7 Å². The van der Waals surface area contributed by atoms with Gasteiger partial charge >= 0.3 is 5.97 Å². The van der Waals surface area contributed by atoms with Gasteiger partial charge in [-0.2, -0.15) is 0 Å². The van der Waals surface area contributed by atoms with Crippen molar-refractivity contribution in [2.45, 2.75) is 89.3 Å². The van der Waals surface area contributed by atoms with Gasteiger partial charge in [-0.25, -0.2) is 0 Å². The molecule has 0 unspecified atom stereocenters. The van der Waals surface area contributed by atoms with Crippen LogP contribution in [-0.4, -0.2) is 88.2 Å². The maximum atomic E-state index is 14.6. The highest BCUT2D eigenvalue weighted by Crippen LogP contribution is 2.59. The molecule has 0 aliphatic carbocycles. The zero-order valence-electron chi connectivity index (χ0n) is 26.2. The smallest absolute Gasteiger partial charge is 0.312 e. The number of ether oxygens (including phenoxy) is 2. The van der Waals surface area contributed by atoms with Crippen LogP contribution in [0.1, 0.15) is 58.4 Å². The summed E-state index contributed by atoms with van der Waals surface area (Å²) in [6.45, 7) is 13.5. The van der Waals surface area contributed by atoms with Crippen LogP contribution in [0.25, 0.3) is 0 Å². The Kier molecular flexibility index (Phi) is 11.0. The second kappa shape index (κ2) is 14.5. The summed E-state index contributed by atoms with van der Waals surface area (Å²) >= 11 is 0. The largest absolute Gasteiger partial charge is 0.460 e. The van der Waals surface area contributed by atoms with Gasteiger partial charge in [0, 0.05) is 19.5 Å². The topological polar surface area (TPSA) is 125 Å². The summed E-state index contributed by atoms with van der Waals surface area (Å²) < 4.78 is 12.3. The Hall–Kier alpha value is -3.50. The molecule has 2 N–H and O–H groups in total. The maximum Gasteiger partial charge on any atom is 0.312 e. The standard InChI is InChI=1S/C34H47N3O7/c1-6-9-15-27(39)35-19-23(5)43-33(42)28-26-16-17-34(44-26)29(28)31(40)37(25(21-38)22(4)8-3)30(34)32(41)36(18-7-2)20-24-13-11-10-12-14-24/h6-7,10-14,22-23,25-26,28-30,38H,1-2,8-9,15-21H2,3-5H3,(H,35,39)/t22-,23+,25-,26-,28+,29+,30-,34+/m0/s1. The zero-order chi connectivity index (χ0) is 32.0. The molecule has 1 aromatic rings. The molecule has 1 aromatic carbocycles. The predicted octanol–water partition coefficient (Wildman–Crippen LogP) is 3.00. The van der Waals surface area contributed by atoms with Crippen LogP contribution in [0.4, 0.5) is 0 Å². The van der Waals surface area contributed by atoms with Crippen molar-refractivity contribution in [3.05, 3.63) is 61.2 Å². The number of allylic oxidation sites excluding steroid dienone is 1. The summed E-state index contributed by atoms with van der Waals surface area (Å²) in [7, 11) is 0. The van der Waals surface area contributed by atoms with Gasteiger partial charge in [0.1, 0.15) is 17.7 Å². The van der Waals surface area contributed by atoms with Gasteiger partial charge in [-0.05, 0) is 37.7 Å². The number of nitrogens with one attached hydrogen (secondary N) is 1. The van der Waals surface area contributed by atoms with E-state index in [4.69, 9.17) is 9.47 Å². The van der Waals surface area contributed by atoms with E-state index in [1.807, 2.05) is 44.2 Å². The molecule has 4 rings (SSSR count). The Labute approximate surface area is 260 Å². The van der Waals surface area contributed by atoms with Gasteiger partial charge in [0.05, 0.1) is 37.1 Å². The average molecular weight is 610 g/mol. The quantitative estimate of drug-likeness (QED) is 0.218. The van der Waals surface area contributed by atoms with Crippen molar-refractivity contribution in [2.24, 2.45) is 17.8 Å². The van der Waals surface area contributed by atoms with E-state index in [-0.39, 0.29) is 43.3 Å². The SMILES string of the molecule is C=CCCC(=O)NC[C@@H](C)OC(=O)[C@@H]1[C@@H]2CC[C@]3(O2)[C@H](C(=O)N(CC=C)Cc2ccccc2)N([C@@H](CO)[C@@H](C)CC)C(=O)[C@@H]13. The van der Waals surface area contributed by atoms with Crippen molar-refractivity contribution >= 4 is 23.7 Å². The number of nitrogens with zero attached hydrogens (tertiary/aromatic N) is 2. The molecule has 0 aromatic heterocycles. The molecule has 3 aliphatic rings. The highest BCUT2D eigenvalue weighted by atomic mass is 16.6. The summed E-state index contributed by atoms with van der Waals surface area (Å²) in [5.41, 5.74) is -0.293. The molecule has 44 heavy (non-hydrogen) atoms. The van der Waals surface area contributed by atoms with Crippen LogP contribution in [0.15, 0.2) is 55.6 Å². The lowest BCUT2D eigenvalue weighted by Gasteiger charge is -2.41. The number of benzene rings is 1. The number of hydrogen-bond donors (Lipinski definition) is 2. The molecule has 10 heteroatoms. The van der Waals surface area contributed by atoms with Crippen LogP contribution in [0.2, 0.25) is 0 Å². The van der Waals surface area contributed by atoms with Crippen LogP contribution in [-0.2, 0) is 35.2 Å². The number of fused-ring (bicyclic) bond motifs is 1. The normalized spacial score (nSPS) is 27.3. The first-order chi connectivity index (χ1) is 21.1. The van der Waals surface area contributed by atoms with E-state index >= 15 is 0 Å². The van der Waals surface area contributed by atoms with Crippen LogP contribution in [0.3, 0.4) is 0 Å². The lowest BCUT2D eigenvalue weighted by Crippen LogP contribution is -2.59. The minimum atomic E-state index is -1.22. The summed E-state index contributed by atoms with van der Waals surface area (Å²) in [4.78, 5) is 57.9. The number of carbonyl (C=O) groups excluding carboxylic acids is 4. The minimum Gasteiger partial charge on any atom is -0.460 e. The van der Waals surface area contributed by atoms with E-state index in [2.05, 4.69) is 18.5 Å². The summed E-state index contributed by atoms with van der Waals surface area (Å²) in [5.74, 6) is -3.33. The number of aliphatic hydroxyl groups excluding tert-OH is 1. The summed E-state index contributed by atoms with van der Waals surface area (Å²) in [5, 5.41) is 13.3. The summed E-state index contributed by atoms with van der Waals surface area (Å²) in [6.07, 6.45) is 4.57. The van der Waals surface area contributed by atoms with E-state index in [0.29, 0.717) is 38.6 Å². The maximum absolute atomic E-state index is 14.6. The second-order valence-electron chi connectivity index (χ2n) is 12.3. The highest BCUT2D eigenvalue weighted by molar-refractivity contribution is 5.98. The molecular weight excluding hydrogens is 562 g/mol. The first kappa shape index (κ1) is 33.4. The molecule has 3 saturated heterocycles. The molecule has 0 saturated carbocycles. The number of rotatable bonds is 16. The number of aliphatic hydroxyl groups is 1. The molecule has 1 spiro atoms. The van der Waals surface area contributed by atoms with Crippen molar-refractivity contribution in [3.8, 4) is 0 Å². The fourth-order valence-corrected chi connectivity index (χ4v) is 7.07. The predicted molar refractivity (Wildman–Crippen MR) is 165 cm³/mol. The van der Waals surface area contributed by atoms with E-state index in [1.165, 1.54) is 4.90 Å². The molecule has 8 atom stereocenters. The fourth-order valence-electron chi connectivity index (χ4n) is 7.07. The molecule has 3 amide bonds. The Morgan fingerprint density at radius 3 is 2.59 bits per heavy atom. The monoisotopic (exact) mass is 609 g/mol. The first-order valence-corrected chi connectivity index (χ1v) is 15.8. The van der Waals surface area contributed by atoms with Crippen LogP contribution < -0.4 is 5.32 Å². The van der Waals surface area contributed by atoms with Crippen molar-refractivity contribution in [1.82, 2.24) is 15.1 Å². The molecule has 240 valence electrons. The molecule has 2 bridgehead atoms. The zero-order valence-corrected chi connectivity index (χ0v) is 26.2. The van der Waals surface area contributed by atoms with E-state index in [0.717, 1.165) is 5.56 Å². The number of hydrogen-bond acceptors (Lipinski definition) is 7. The van der Waals surface area contributed by atoms with Gasteiger partial charge in [-0.3, -0.25) is 19.2 Å². The third kappa shape index (κ3) is 6.47. The summed E-state index contributed by atoms with van der Waals surface area (Å²) in [6, 6.07) is 7.94. The Balaban J connectivity index is 1.64. The van der Waals surface area contributed by atoms with Gasteiger partial charge in [-0.1, -0.05) is 62.8 Å². The second-order valence-corrected chi connectivity index (χ2v) is 12.3. The number of esters is 1. The van der Waals surface area contributed by atoms with E-state index in [1.54, 1.807) is 24.0 Å². The lowest BCUT2D eigenvalue weighted by atomic mass is 9.70. The first-order valence-electron chi connectivity index (χ1n) is 15.8. The molecule has 3 fully saturated rings. The lowest BCUT2D eigenvalue weighted by molar-refractivity contribution is -0.160. The van der Waals surface area contributed by atoms with Gasteiger partial charge in [0.25, 0.3) is 0 Å². The molecule has 3 heterocycles. The fraction of sp³-hybridized carbons (Fsp3) is 0.588. The third-order valence-corrected chi connectivity index (χ3v) is 9.45. The molecule has 0 radical (unpaired) electrons. The van der Waals surface area contributed by atoms with E-state index < -0.39 is 47.7 Å². The minimum absolute atomic E-state index is 0.108. The Morgan fingerprint density at radius 1 is 1.23 bits per heavy atom. The molecular formula is C34H47N3O7. The average Bonchev–Trinajstić information content (AvgIpc) is 3.66. The van der Waals surface area contributed by atoms with Crippen molar-refractivity contribution in [1.29, 1.82) is 0 Å². The molecule has 10 nitrogen and oxygen atoms in total. The number of likely N-dealkylation sites (tertiary alicyclic amines) is 1. The van der Waals surface area contributed by atoms with Crippen LogP contribution >= 0.6 is 0 Å². The van der Waals surface area contributed by atoms with Crippen molar-refractivity contribution in [3.63, 3.8) is 0 Å². The molecule has 3 aliphatic heterocycles. The van der Waals surface area contributed by atoms with Crippen molar-refractivity contribution in [2.75, 3.05) is 19.7 Å². The van der Waals surface area contributed by atoms with Gasteiger partial charge < -0.3 is 29.7 Å².